The van der Waals surface area contributed by atoms with Crippen LogP contribution in [0.4, 0.5) is 10.5 Å². The lowest BCUT2D eigenvalue weighted by atomic mass is 9.68. The molecule has 2 aromatic carbocycles. The summed E-state index contributed by atoms with van der Waals surface area (Å²) in [5, 5.41) is 9.75. The maximum absolute atomic E-state index is 14.0. The van der Waals surface area contributed by atoms with E-state index >= 15 is 0 Å². The molecular formula is C30H38N4O2. The van der Waals surface area contributed by atoms with E-state index in [0.29, 0.717) is 18.7 Å². The molecule has 190 valence electrons. The Morgan fingerprint density at radius 1 is 0.972 bits per heavy atom. The first-order chi connectivity index (χ1) is 17.4. The molecule has 5 rings (SSSR count). The van der Waals surface area contributed by atoms with E-state index in [-0.39, 0.29) is 22.7 Å². The quantitative estimate of drug-likeness (QED) is 0.516. The van der Waals surface area contributed by atoms with Crippen LogP contribution >= 0.6 is 0 Å². The Morgan fingerprint density at radius 2 is 1.64 bits per heavy atom. The second kappa shape index (κ2) is 9.53. The number of hydrogen-bond acceptors (Lipinski definition) is 4. The third-order valence-corrected chi connectivity index (χ3v) is 9.47. The number of nitrogens with zero attached hydrogens (tertiary/aromatic N) is 4. The Hall–Kier alpha value is -2.88. The first-order valence-electron chi connectivity index (χ1n) is 13.3. The van der Waals surface area contributed by atoms with E-state index in [0.717, 1.165) is 50.6 Å². The first-order valence-corrected chi connectivity index (χ1v) is 13.3. The average Bonchev–Trinajstić information content (AvgIpc) is 3.15. The average molecular weight is 487 g/mol. The summed E-state index contributed by atoms with van der Waals surface area (Å²) in [5.41, 5.74) is 2.25. The lowest BCUT2D eigenvalue weighted by molar-refractivity contribution is -0.0844. The second-order valence-electron chi connectivity index (χ2n) is 11.2. The van der Waals surface area contributed by atoms with Gasteiger partial charge in [-0.05, 0) is 83.2 Å². The third-order valence-electron chi connectivity index (χ3n) is 9.47. The molecule has 6 heteroatoms. The number of nitriles is 1. The molecule has 1 spiro atoms. The summed E-state index contributed by atoms with van der Waals surface area (Å²) in [4.78, 5) is 20.4. The molecular weight excluding hydrogens is 448 g/mol. The van der Waals surface area contributed by atoms with Crippen molar-refractivity contribution in [1.82, 2.24) is 9.80 Å². The molecule has 2 saturated carbocycles. The highest BCUT2D eigenvalue weighted by molar-refractivity contribution is 5.96. The zero-order valence-corrected chi connectivity index (χ0v) is 21.9. The van der Waals surface area contributed by atoms with Crippen molar-refractivity contribution in [1.29, 1.82) is 5.26 Å². The number of urea groups is 1. The number of methoxy groups -OCH3 is 1. The minimum atomic E-state index is -0.243. The summed E-state index contributed by atoms with van der Waals surface area (Å²) in [7, 11) is 6.16. The Labute approximate surface area is 215 Å². The zero-order chi connectivity index (χ0) is 25.4. The highest BCUT2D eigenvalue weighted by Gasteiger charge is 2.55. The Kier molecular flexibility index (Phi) is 6.57. The number of anilines is 1. The second-order valence-corrected chi connectivity index (χ2v) is 11.2. The van der Waals surface area contributed by atoms with Crippen LogP contribution in [-0.2, 0) is 10.3 Å². The van der Waals surface area contributed by atoms with Gasteiger partial charge in [0.25, 0.3) is 0 Å². The van der Waals surface area contributed by atoms with Crippen LogP contribution in [0, 0.1) is 11.3 Å². The highest BCUT2D eigenvalue weighted by atomic mass is 16.5. The van der Waals surface area contributed by atoms with Crippen LogP contribution in [0.1, 0.15) is 62.5 Å². The Bertz CT molecular complexity index is 1120. The van der Waals surface area contributed by atoms with Gasteiger partial charge in [-0.1, -0.05) is 42.5 Å². The Morgan fingerprint density at radius 3 is 2.22 bits per heavy atom. The van der Waals surface area contributed by atoms with E-state index in [1.54, 1.807) is 6.07 Å². The minimum absolute atomic E-state index is 0.0281. The number of rotatable bonds is 7. The molecule has 1 aliphatic heterocycles. The van der Waals surface area contributed by atoms with Gasteiger partial charge in [0.15, 0.2) is 0 Å². The minimum Gasteiger partial charge on any atom is -0.378 e. The van der Waals surface area contributed by atoms with E-state index in [1.165, 1.54) is 12.0 Å². The molecule has 0 atom stereocenters. The number of ether oxygens (including phenoxy) is 1. The van der Waals surface area contributed by atoms with Gasteiger partial charge in [0.05, 0.1) is 28.9 Å². The van der Waals surface area contributed by atoms with Crippen molar-refractivity contribution in [3.63, 3.8) is 0 Å². The SMILES string of the molecule is COC1(CCN2C(=O)N(c3ccccc3C#N)C[C@]23CC[C@](c2ccccc2)(N(C)C)CC3)CCC1. The molecule has 0 unspecified atom stereocenters. The smallest absolute Gasteiger partial charge is 0.325 e. The van der Waals surface area contributed by atoms with E-state index < -0.39 is 0 Å². The van der Waals surface area contributed by atoms with Crippen molar-refractivity contribution in [2.75, 3.05) is 39.2 Å². The lowest BCUT2D eigenvalue weighted by Crippen LogP contribution is -2.56. The molecule has 36 heavy (non-hydrogen) atoms. The maximum Gasteiger partial charge on any atom is 0.325 e. The van der Waals surface area contributed by atoms with Crippen molar-refractivity contribution < 1.29 is 9.53 Å². The standard InChI is InChI=1S/C30H38N4O2/c1-32(2)30(25-11-5-4-6-12-25)18-16-28(17-19-30)23-33(26-13-8-7-10-24(26)22-31)27(35)34(28)21-20-29(36-3)14-9-15-29/h4-8,10-13H,9,14-21,23H2,1-3H3/t28-,30+. The zero-order valence-electron chi connectivity index (χ0n) is 21.9. The van der Waals surface area contributed by atoms with E-state index in [9.17, 15) is 10.1 Å². The molecule has 1 saturated heterocycles. The van der Waals surface area contributed by atoms with Crippen LogP contribution in [0.2, 0.25) is 0 Å². The number of carbonyl (C=O) groups excluding carboxylic acids is 1. The van der Waals surface area contributed by atoms with Crippen molar-refractivity contribution in [3.8, 4) is 6.07 Å². The summed E-state index contributed by atoms with van der Waals surface area (Å²) in [6.45, 7) is 1.32. The van der Waals surface area contributed by atoms with Gasteiger partial charge in [-0.3, -0.25) is 9.80 Å². The largest absolute Gasteiger partial charge is 0.378 e. The van der Waals surface area contributed by atoms with Crippen LogP contribution in [0.5, 0.6) is 0 Å². The van der Waals surface area contributed by atoms with Gasteiger partial charge in [0.2, 0.25) is 0 Å². The van der Waals surface area contributed by atoms with Crippen molar-refractivity contribution >= 4 is 11.7 Å². The van der Waals surface area contributed by atoms with Gasteiger partial charge in [-0.2, -0.15) is 5.26 Å². The van der Waals surface area contributed by atoms with Gasteiger partial charge in [0.1, 0.15) is 6.07 Å². The van der Waals surface area contributed by atoms with E-state index in [4.69, 9.17) is 4.74 Å². The summed E-state index contributed by atoms with van der Waals surface area (Å²) < 4.78 is 5.91. The van der Waals surface area contributed by atoms with Crippen molar-refractivity contribution in [3.05, 3.63) is 65.7 Å². The molecule has 2 aliphatic carbocycles. The van der Waals surface area contributed by atoms with Gasteiger partial charge in [-0.25, -0.2) is 4.79 Å². The molecule has 2 aromatic rings. The fourth-order valence-corrected chi connectivity index (χ4v) is 6.86. The van der Waals surface area contributed by atoms with Crippen LogP contribution < -0.4 is 4.90 Å². The molecule has 0 N–H and O–H groups in total. The Balaban J connectivity index is 1.46. The number of benzene rings is 2. The van der Waals surface area contributed by atoms with Crippen LogP contribution in [0.25, 0.3) is 0 Å². The summed E-state index contributed by atoms with van der Waals surface area (Å²) in [5.74, 6) is 0. The molecule has 6 nitrogen and oxygen atoms in total. The monoisotopic (exact) mass is 486 g/mol. The molecule has 0 aromatic heterocycles. The summed E-state index contributed by atoms with van der Waals surface area (Å²) in [6.07, 6.45) is 8.01. The molecule has 0 radical (unpaired) electrons. The predicted octanol–water partition coefficient (Wildman–Crippen LogP) is 5.53. The molecule has 1 heterocycles. The predicted molar refractivity (Wildman–Crippen MR) is 142 cm³/mol. The number of amides is 2. The van der Waals surface area contributed by atoms with E-state index in [1.807, 2.05) is 30.2 Å². The van der Waals surface area contributed by atoms with Gasteiger partial charge >= 0.3 is 6.03 Å². The van der Waals surface area contributed by atoms with Crippen LogP contribution in [0.3, 0.4) is 0 Å². The highest BCUT2D eigenvalue weighted by Crippen LogP contribution is 2.50. The maximum atomic E-state index is 14.0. The van der Waals surface area contributed by atoms with Gasteiger partial charge in [0, 0.05) is 19.2 Å². The lowest BCUT2D eigenvalue weighted by Gasteiger charge is -2.51. The van der Waals surface area contributed by atoms with Crippen LogP contribution in [0.15, 0.2) is 54.6 Å². The first kappa shape index (κ1) is 24.8. The number of carbonyl (C=O) groups is 1. The van der Waals surface area contributed by atoms with Gasteiger partial charge < -0.3 is 9.64 Å². The normalized spacial score (nSPS) is 27.4. The van der Waals surface area contributed by atoms with Crippen molar-refractivity contribution in [2.45, 2.75) is 68.0 Å². The topological polar surface area (TPSA) is 59.8 Å². The molecule has 2 amide bonds. The fraction of sp³-hybridized carbons (Fsp3) is 0.533. The van der Waals surface area contributed by atoms with Gasteiger partial charge in [-0.15, -0.1) is 0 Å². The fourth-order valence-electron chi connectivity index (χ4n) is 6.86. The van der Waals surface area contributed by atoms with Crippen molar-refractivity contribution in [2.24, 2.45) is 0 Å². The van der Waals surface area contributed by atoms with Crippen LogP contribution in [-0.4, -0.2) is 61.3 Å². The summed E-state index contributed by atoms with van der Waals surface area (Å²) >= 11 is 0. The summed E-state index contributed by atoms with van der Waals surface area (Å²) in [6, 6.07) is 20.6. The van der Waals surface area contributed by atoms with E-state index in [2.05, 4.69) is 60.3 Å². The molecule has 3 aliphatic rings. The number of para-hydroxylation sites is 1. The molecule has 3 fully saturated rings. The number of hydrogen-bond donors (Lipinski definition) is 0. The molecule has 0 bridgehead atoms. The third kappa shape index (κ3) is 3.99.